The van der Waals surface area contributed by atoms with Gasteiger partial charge in [-0.3, -0.25) is 4.79 Å². The Hall–Kier alpha value is -3.37. The fraction of sp³-hybridized carbons (Fsp3) is 0.227. The van der Waals surface area contributed by atoms with E-state index in [1.54, 1.807) is 6.07 Å². The Bertz CT molecular complexity index is 1240. The lowest BCUT2D eigenvalue weighted by Gasteiger charge is -2.17. The molecular weight excluding hydrogens is 461 g/mol. The maximum absolute atomic E-state index is 14.4. The van der Waals surface area contributed by atoms with Crippen molar-refractivity contribution in [2.45, 2.75) is 6.42 Å². The van der Waals surface area contributed by atoms with Crippen LogP contribution in [0.2, 0.25) is 5.02 Å². The summed E-state index contributed by atoms with van der Waals surface area (Å²) < 4.78 is 52.4. The molecular formula is C22H18ClF3N4O3. The Balaban J connectivity index is 1.72. The first-order chi connectivity index (χ1) is 15.8. The van der Waals surface area contributed by atoms with Gasteiger partial charge in [0.25, 0.3) is 5.91 Å². The molecule has 1 saturated heterocycles. The van der Waals surface area contributed by atoms with Crippen LogP contribution in [0.1, 0.15) is 6.42 Å². The number of carbonyl (C=O) groups is 1. The first-order valence-electron chi connectivity index (χ1n) is 9.89. The van der Waals surface area contributed by atoms with E-state index in [1.807, 2.05) is 0 Å². The van der Waals surface area contributed by atoms with Crippen molar-refractivity contribution in [1.29, 1.82) is 0 Å². The monoisotopic (exact) mass is 478 g/mol. The molecule has 11 heteroatoms. The summed E-state index contributed by atoms with van der Waals surface area (Å²) in [6, 6.07) is 5.18. The number of nitrogens with one attached hydrogen (secondary N) is 2. The molecule has 0 bridgehead atoms. The molecule has 3 aromatic rings. The smallest absolute Gasteiger partial charge is 0.283 e. The number of nitrogens with zero attached hydrogens (tertiary/aromatic N) is 2. The van der Waals surface area contributed by atoms with Crippen molar-refractivity contribution < 1.29 is 27.4 Å². The zero-order valence-corrected chi connectivity index (χ0v) is 17.9. The Morgan fingerprint density at radius 3 is 2.82 bits per heavy atom. The zero-order chi connectivity index (χ0) is 23.5. The van der Waals surface area contributed by atoms with E-state index in [4.69, 9.17) is 21.1 Å². The quantitative estimate of drug-likeness (QED) is 0.361. The van der Waals surface area contributed by atoms with Crippen LogP contribution in [0.25, 0.3) is 10.9 Å². The molecule has 1 aromatic heterocycles. The number of aromatic nitrogens is 2. The van der Waals surface area contributed by atoms with E-state index < -0.39 is 28.4 Å². The summed E-state index contributed by atoms with van der Waals surface area (Å²) in [5.41, 5.74) is 0.419. The third-order valence-electron chi connectivity index (χ3n) is 5.02. The van der Waals surface area contributed by atoms with Gasteiger partial charge in [0.05, 0.1) is 30.1 Å². The summed E-state index contributed by atoms with van der Waals surface area (Å²) in [6.45, 7) is 4.51. The maximum atomic E-state index is 14.4. The summed E-state index contributed by atoms with van der Waals surface area (Å²) in [6.07, 6.45) is 2.07. The fourth-order valence-electron chi connectivity index (χ4n) is 3.26. The maximum Gasteiger partial charge on any atom is 0.283 e. The molecule has 2 aromatic carbocycles. The van der Waals surface area contributed by atoms with Crippen LogP contribution in [0.15, 0.2) is 43.0 Å². The number of ether oxygens (including phenoxy) is 2. The molecule has 2 heterocycles. The van der Waals surface area contributed by atoms with Crippen LogP contribution in [-0.2, 0) is 9.53 Å². The SMILES string of the molecule is C=C(F)C(=O)Nc1cc2c(Nc3ccc(F)c(Cl)c3F)ncnc2cc1OC[C@@H]1CCOC1. The lowest BCUT2D eigenvalue weighted by atomic mass is 10.1. The van der Waals surface area contributed by atoms with Crippen LogP contribution >= 0.6 is 11.6 Å². The molecule has 172 valence electrons. The van der Waals surface area contributed by atoms with Crippen molar-refractivity contribution in [1.82, 2.24) is 9.97 Å². The van der Waals surface area contributed by atoms with E-state index in [2.05, 4.69) is 27.2 Å². The van der Waals surface area contributed by atoms with Gasteiger partial charge in [-0.1, -0.05) is 18.2 Å². The number of amides is 1. The van der Waals surface area contributed by atoms with Gasteiger partial charge < -0.3 is 20.1 Å². The number of rotatable bonds is 7. The number of fused-ring (bicyclic) bond motifs is 1. The second-order valence-corrected chi connectivity index (χ2v) is 7.71. The molecule has 1 aliphatic heterocycles. The van der Waals surface area contributed by atoms with Crippen LogP contribution in [0.5, 0.6) is 5.75 Å². The van der Waals surface area contributed by atoms with Gasteiger partial charge in [0, 0.05) is 24.0 Å². The Morgan fingerprint density at radius 2 is 2.09 bits per heavy atom. The van der Waals surface area contributed by atoms with Crippen LogP contribution in [0, 0.1) is 17.6 Å². The highest BCUT2D eigenvalue weighted by Crippen LogP contribution is 2.35. The highest BCUT2D eigenvalue weighted by atomic mass is 35.5. The van der Waals surface area contributed by atoms with Gasteiger partial charge in [0.1, 0.15) is 28.7 Å². The van der Waals surface area contributed by atoms with Crippen molar-refractivity contribution in [3.63, 3.8) is 0 Å². The van der Waals surface area contributed by atoms with Crippen LogP contribution < -0.4 is 15.4 Å². The standard InChI is InChI=1S/C22H18ClF3N4O3/c1-11(24)22(31)30-17-6-13-16(7-18(17)33-9-12-4-5-32-8-12)27-10-28-21(13)29-15-3-2-14(25)19(23)20(15)26/h2-3,6-7,10,12H,1,4-5,8-9H2,(H,30,31)(H,27,28,29)/t12-/m1/s1. The van der Waals surface area contributed by atoms with Gasteiger partial charge in [0.15, 0.2) is 11.6 Å². The van der Waals surface area contributed by atoms with E-state index in [0.717, 1.165) is 12.5 Å². The topological polar surface area (TPSA) is 85.4 Å². The van der Waals surface area contributed by atoms with E-state index in [-0.39, 0.29) is 28.9 Å². The van der Waals surface area contributed by atoms with Crippen molar-refractivity contribution in [3.8, 4) is 5.75 Å². The number of hydrogen-bond donors (Lipinski definition) is 2. The Morgan fingerprint density at radius 1 is 1.27 bits per heavy atom. The molecule has 33 heavy (non-hydrogen) atoms. The molecule has 0 spiro atoms. The average Bonchev–Trinajstić information content (AvgIpc) is 3.32. The highest BCUT2D eigenvalue weighted by Gasteiger charge is 2.20. The van der Waals surface area contributed by atoms with Gasteiger partial charge in [-0.25, -0.2) is 23.1 Å². The predicted molar refractivity (Wildman–Crippen MR) is 117 cm³/mol. The van der Waals surface area contributed by atoms with E-state index in [0.29, 0.717) is 30.7 Å². The molecule has 1 atom stereocenters. The van der Waals surface area contributed by atoms with Crippen LogP contribution in [0.3, 0.4) is 0 Å². The van der Waals surface area contributed by atoms with Gasteiger partial charge in [-0.2, -0.15) is 0 Å². The Labute approximate surface area is 191 Å². The molecule has 0 saturated carbocycles. The molecule has 1 aliphatic rings. The lowest BCUT2D eigenvalue weighted by molar-refractivity contribution is -0.114. The third kappa shape index (κ3) is 5.01. The summed E-state index contributed by atoms with van der Waals surface area (Å²) in [5, 5.41) is 4.83. The first-order valence-corrected chi connectivity index (χ1v) is 10.3. The van der Waals surface area contributed by atoms with E-state index >= 15 is 0 Å². The largest absolute Gasteiger partial charge is 0.491 e. The predicted octanol–water partition coefficient (Wildman–Crippen LogP) is 5.14. The van der Waals surface area contributed by atoms with Gasteiger partial charge in [-0.05, 0) is 24.6 Å². The Kier molecular flexibility index (Phi) is 6.66. The highest BCUT2D eigenvalue weighted by molar-refractivity contribution is 6.31. The third-order valence-corrected chi connectivity index (χ3v) is 5.36. The van der Waals surface area contributed by atoms with Crippen LogP contribution in [-0.4, -0.2) is 35.7 Å². The second-order valence-electron chi connectivity index (χ2n) is 7.34. The second kappa shape index (κ2) is 9.63. The molecule has 0 unspecified atom stereocenters. The van der Waals surface area contributed by atoms with Crippen molar-refractivity contribution >= 4 is 45.6 Å². The summed E-state index contributed by atoms with van der Waals surface area (Å²) in [4.78, 5) is 20.2. The van der Waals surface area contributed by atoms with Crippen LogP contribution in [0.4, 0.5) is 30.4 Å². The van der Waals surface area contributed by atoms with Crippen molar-refractivity contribution in [2.75, 3.05) is 30.5 Å². The van der Waals surface area contributed by atoms with Crippen molar-refractivity contribution in [3.05, 3.63) is 59.7 Å². The zero-order valence-electron chi connectivity index (χ0n) is 17.1. The molecule has 0 radical (unpaired) electrons. The summed E-state index contributed by atoms with van der Waals surface area (Å²) >= 11 is 5.65. The molecule has 1 fully saturated rings. The number of halogens is 4. The fourth-order valence-corrected chi connectivity index (χ4v) is 3.43. The van der Waals surface area contributed by atoms with E-state index in [1.165, 1.54) is 18.5 Å². The normalized spacial score (nSPS) is 15.5. The molecule has 2 N–H and O–H groups in total. The van der Waals surface area contributed by atoms with Crippen molar-refractivity contribution in [2.24, 2.45) is 5.92 Å². The first kappa shape index (κ1) is 22.8. The molecule has 1 amide bonds. The van der Waals surface area contributed by atoms with E-state index in [9.17, 15) is 18.0 Å². The summed E-state index contributed by atoms with van der Waals surface area (Å²) in [7, 11) is 0. The lowest BCUT2D eigenvalue weighted by Crippen LogP contribution is -2.15. The average molecular weight is 479 g/mol. The number of carbonyl (C=O) groups excluding carboxylic acids is 1. The number of anilines is 3. The number of hydrogen-bond acceptors (Lipinski definition) is 6. The molecule has 0 aliphatic carbocycles. The van der Waals surface area contributed by atoms with Gasteiger partial charge >= 0.3 is 0 Å². The van der Waals surface area contributed by atoms with Gasteiger partial charge in [-0.15, -0.1) is 0 Å². The van der Waals surface area contributed by atoms with Gasteiger partial charge in [0.2, 0.25) is 0 Å². The molecule has 7 nitrogen and oxygen atoms in total. The minimum absolute atomic E-state index is 0.120. The minimum atomic E-state index is -1.18. The molecule has 4 rings (SSSR count). The minimum Gasteiger partial charge on any atom is -0.491 e. The number of benzene rings is 2. The summed E-state index contributed by atoms with van der Waals surface area (Å²) in [5.74, 6) is -3.56.